The molecule has 0 saturated heterocycles. The van der Waals surface area contributed by atoms with Gasteiger partial charge in [-0.2, -0.15) is 0 Å². The van der Waals surface area contributed by atoms with Crippen LogP contribution in [0.4, 0.5) is 11.6 Å². The zero-order valence-corrected chi connectivity index (χ0v) is 13.6. The van der Waals surface area contributed by atoms with Gasteiger partial charge in [0.25, 0.3) is 0 Å². The number of aliphatic hydroxyl groups is 1. The SMILES string of the molecule is Cc1c(N)nc(C(C)(C)C)nc1NCC1CCCC1CO. The number of nitrogens with two attached hydrogens (primary N) is 1. The average molecular weight is 292 g/mol. The van der Waals surface area contributed by atoms with Crippen molar-refractivity contribution in [2.75, 3.05) is 24.2 Å². The molecular weight excluding hydrogens is 264 g/mol. The first kappa shape index (κ1) is 16.0. The summed E-state index contributed by atoms with van der Waals surface area (Å²) in [4.78, 5) is 9.05. The highest BCUT2D eigenvalue weighted by molar-refractivity contribution is 5.55. The van der Waals surface area contributed by atoms with Crippen molar-refractivity contribution in [1.29, 1.82) is 0 Å². The highest BCUT2D eigenvalue weighted by Crippen LogP contribution is 2.32. The molecule has 0 bridgehead atoms. The highest BCUT2D eigenvalue weighted by Gasteiger charge is 2.27. The first-order valence-electron chi connectivity index (χ1n) is 7.82. The lowest BCUT2D eigenvalue weighted by atomic mass is 9.95. The fourth-order valence-corrected chi connectivity index (χ4v) is 2.89. The van der Waals surface area contributed by atoms with Crippen LogP contribution in [-0.4, -0.2) is 28.2 Å². The molecule has 0 aromatic carbocycles. The third kappa shape index (κ3) is 3.64. The number of nitrogens with zero attached hydrogens (tertiary/aromatic N) is 2. The van der Waals surface area contributed by atoms with Gasteiger partial charge in [-0.1, -0.05) is 27.2 Å². The molecule has 2 atom stereocenters. The molecule has 118 valence electrons. The standard InChI is InChI=1S/C16H28N4O/c1-10-13(17)19-15(16(2,3)4)20-14(10)18-8-11-6-5-7-12(11)9-21/h11-12,21H,5-9H2,1-4H3,(H3,17,18,19,20). The van der Waals surface area contributed by atoms with E-state index in [0.29, 0.717) is 17.7 Å². The van der Waals surface area contributed by atoms with E-state index in [1.54, 1.807) is 0 Å². The van der Waals surface area contributed by atoms with E-state index >= 15 is 0 Å². The molecule has 1 aliphatic carbocycles. The Labute approximate surface area is 127 Å². The van der Waals surface area contributed by atoms with Crippen molar-refractivity contribution in [3.63, 3.8) is 0 Å². The van der Waals surface area contributed by atoms with E-state index < -0.39 is 0 Å². The van der Waals surface area contributed by atoms with Crippen molar-refractivity contribution < 1.29 is 5.11 Å². The summed E-state index contributed by atoms with van der Waals surface area (Å²) < 4.78 is 0. The molecule has 1 aromatic heterocycles. The third-order valence-electron chi connectivity index (χ3n) is 4.44. The second-order valence-corrected chi connectivity index (χ2v) is 7.17. The third-order valence-corrected chi connectivity index (χ3v) is 4.44. The maximum atomic E-state index is 9.41. The zero-order valence-electron chi connectivity index (χ0n) is 13.6. The summed E-state index contributed by atoms with van der Waals surface area (Å²) in [5, 5.41) is 12.8. The average Bonchev–Trinajstić information content (AvgIpc) is 2.86. The summed E-state index contributed by atoms with van der Waals surface area (Å²) in [5.41, 5.74) is 6.80. The smallest absolute Gasteiger partial charge is 0.138 e. The molecule has 1 aliphatic rings. The van der Waals surface area contributed by atoms with Crippen molar-refractivity contribution in [2.45, 2.75) is 52.4 Å². The molecule has 1 fully saturated rings. The number of hydrogen-bond acceptors (Lipinski definition) is 5. The molecule has 0 amide bonds. The molecule has 4 N–H and O–H groups in total. The molecule has 0 spiro atoms. The minimum absolute atomic E-state index is 0.126. The van der Waals surface area contributed by atoms with E-state index in [0.717, 1.165) is 30.2 Å². The van der Waals surface area contributed by atoms with Crippen LogP contribution >= 0.6 is 0 Å². The van der Waals surface area contributed by atoms with Crippen molar-refractivity contribution >= 4 is 11.6 Å². The topological polar surface area (TPSA) is 84.1 Å². The monoisotopic (exact) mass is 292 g/mol. The van der Waals surface area contributed by atoms with Gasteiger partial charge < -0.3 is 16.2 Å². The predicted octanol–water partition coefficient (Wildman–Crippen LogP) is 2.49. The van der Waals surface area contributed by atoms with E-state index in [-0.39, 0.29) is 12.0 Å². The van der Waals surface area contributed by atoms with Crippen LogP contribution in [0.3, 0.4) is 0 Å². The van der Waals surface area contributed by atoms with Gasteiger partial charge in [0, 0.05) is 24.1 Å². The van der Waals surface area contributed by atoms with Gasteiger partial charge >= 0.3 is 0 Å². The molecule has 2 unspecified atom stereocenters. The lowest BCUT2D eigenvalue weighted by molar-refractivity contribution is 0.199. The van der Waals surface area contributed by atoms with Crippen LogP contribution in [0.2, 0.25) is 0 Å². The van der Waals surface area contributed by atoms with Crippen molar-refractivity contribution in [3.8, 4) is 0 Å². The predicted molar refractivity (Wildman–Crippen MR) is 86.3 cm³/mol. The van der Waals surface area contributed by atoms with E-state index in [2.05, 4.69) is 36.1 Å². The van der Waals surface area contributed by atoms with E-state index in [4.69, 9.17) is 5.73 Å². The van der Waals surface area contributed by atoms with Crippen LogP contribution in [-0.2, 0) is 5.41 Å². The largest absolute Gasteiger partial charge is 0.396 e. The van der Waals surface area contributed by atoms with E-state index in [9.17, 15) is 5.11 Å². The fourth-order valence-electron chi connectivity index (χ4n) is 2.89. The molecule has 1 aromatic rings. The highest BCUT2D eigenvalue weighted by atomic mass is 16.3. The summed E-state index contributed by atoms with van der Waals surface area (Å²) in [7, 11) is 0. The quantitative estimate of drug-likeness (QED) is 0.794. The fraction of sp³-hybridized carbons (Fsp3) is 0.750. The lowest BCUT2D eigenvalue weighted by Crippen LogP contribution is -2.23. The Morgan fingerprint density at radius 3 is 2.52 bits per heavy atom. The molecule has 21 heavy (non-hydrogen) atoms. The minimum atomic E-state index is -0.126. The molecule has 5 nitrogen and oxygen atoms in total. The van der Waals surface area contributed by atoms with Gasteiger partial charge in [0.15, 0.2) is 0 Å². The second-order valence-electron chi connectivity index (χ2n) is 7.17. The Balaban J connectivity index is 2.14. The summed E-state index contributed by atoms with van der Waals surface area (Å²) in [5.74, 6) is 3.07. The molecular formula is C16H28N4O. The number of rotatable bonds is 4. The lowest BCUT2D eigenvalue weighted by Gasteiger charge is -2.22. The van der Waals surface area contributed by atoms with Crippen molar-refractivity contribution in [1.82, 2.24) is 9.97 Å². The first-order valence-corrected chi connectivity index (χ1v) is 7.82. The zero-order chi connectivity index (χ0) is 15.6. The number of anilines is 2. The van der Waals surface area contributed by atoms with Gasteiger partial charge in [0.1, 0.15) is 17.5 Å². The Morgan fingerprint density at radius 2 is 1.90 bits per heavy atom. The Kier molecular flexibility index (Phi) is 4.71. The van der Waals surface area contributed by atoms with Crippen LogP contribution in [0.5, 0.6) is 0 Å². The van der Waals surface area contributed by atoms with Gasteiger partial charge in [-0.05, 0) is 31.6 Å². The molecule has 0 radical (unpaired) electrons. The van der Waals surface area contributed by atoms with Crippen LogP contribution in [0.15, 0.2) is 0 Å². The van der Waals surface area contributed by atoms with Crippen LogP contribution < -0.4 is 11.1 Å². The van der Waals surface area contributed by atoms with Crippen LogP contribution in [0.1, 0.15) is 51.4 Å². The molecule has 5 heteroatoms. The van der Waals surface area contributed by atoms with Crippen LogP contribution in [0, 0.1) is 18.8 Å². The number of nitrogen functional groups attached to an aromatic ring is 1. The Hall–Kier alpha value is -1.36. The molecule has 1 saturated carbocycles. The summed E-state index contributed by atoms with van der Waals surface area (Å²) >= 11 is 0. The second kappa shape index (κ2) is 6.18. The Bertz CT molecular complexity index is 496. The number of hydrogen-bond donors (Lipinski definition) is 3. The van der Waals surface area contributed by atoms with Gasteiger partial charge in [-0.3, -0.25) is 0 Å². The summed E-state index contributed by atoms with van der Waals surface area (Å²) in [6.07, 6.45) is 3.50. The molecule has 1 heterocycles. The normalized spacial score (nSPS) is 22.5. The maximum absolute atomic E-state index is 9.41. The number of aromatic nitrogens is 2. The number of aliphatic hydroxyl groups excluding tert-OH is 1. The van der Waals surface area contributed by atoms with Gasteiger partial charge in [0.05, 0.1) is 0 Å². The van der Waals surface area contributed by atoms with Crippen molar-refractivity contribution in [3.05, 3.63) is 11.4 Å². The maximum Gasteiger partial charge on any atom is 0.138 e. The molecule has 0 aliphatic heterocycles. The number of nitrogens with one attached hydrogen (secondary N) is 1. The first-order chi connectivity index (χ1) is 9.82. The van der Waals surface area contributed by atoms with E-state index in [1.165, 1.54) is 12.8 Å². The van der Waals surface area contributed by atoms with Gasteiger partial charge in [0.2, 0.25) is 0 Å². The van der Waals surface area contributed by atoms with Gasteiger partial charge in [-0.25, -0.2) is 9.97 Å². The Morgan fingerprint density at radius 1 is 1.24 bits per heavy atom. The van der Waals surface area contributed by atoms with Crippen molar-refractivity contribution in [2.24, 2.45) is 11.8 Å². The molecule has 2 rings (SSSR count). The van der Waals surface area contributed by atoms with Crippen LogP contribution in [0.25, 0.3) is 0 Å². The summed E-state index contributed by atoms with van der Waals surface area (Å²) in [6.45, 7) is 9.32. The minimum Gasteiger partial charge on any atom is -0.396 e. The van der Waals surface area contributed by atoms with Gasteiger partial charge in [-0.15, -0.1) is 0 Å². The summed E-state index contributed by atoms with van der Waals surface area (Å²) in [6, 6.07) is 0. The van der Waals surface area contributed by atoms with E-state index in [1.807, 2.05) is 6.92 Å².